The van der Waals surface area contributed by atoms with Crippen molar-refractivity contribution in [1.82, 2.24) is 20.9 Å². The van der Waals surface area contributed by atoms with E-state index in [1.165, 1.54) is 13.8 Å². The van der Waals surface area contributed by atoms with Crippen molar-refractivity contribution in [3.8, 4) is 0 Å². The van der Waals surface area contributed by atoms with Crippen molar-refractivity contribution in [2.24, 2.45) is 0 Å². The minimum Gasteiger partial charge on any atom is -0.480 e. The second-order valence-electron chi connectivity index (χ2n) is 8.51. The van der Waals surface area contributed by atoms with Gasteiger partial charge in [-0.25, -0.2) is 4.79 Å². The number of hydrogen-bond donors (Lipinski definition) is 5. The molecule has 0 aliphatic carbocycles. The van der Waals surface area contributed by atoms with Gasteiger partial charge in [-0.1, -0.05) is 48.5 Å². The number of alkyl carbamates (subject to hydrolysis) is 1. The number of hydrogen-bond acceptors (Lipinski definition) is 5. The van der Waals surface area contributed by atoms with Crippen LogP contribution in [-0.4, -0.2) is 52.1 Å². The maximum absolute atomic E-state index is 13.2. The molecular formula is C25H28N4O6. The minimum atomic E-state index is -1.43. The van der Waals surface area contributed by atoms with Crippen LogP contribution in [0.15, 0.2) is 60.8 Å². The number of para-hydroxylation sites is 1. The summed E-state index contributed by atoms with van der Waals surface area (Å²) in [4.78, 5) is 52.0. The van der Waals surface area contributed by atoms with E-state index < -0.39 is 42.0 Å². The van der Waals surface area contributed by atoms with Crippen molar-refractivity contribution in [2.45, 2.75) is 38.5 Å². The summed E-state index contributed by atoms with van der Waals surface area (Å²) in [7, 11) is 0. The molecule has 1 heterocycles. The van der Waals surface area contributed by atoms with Gasteiger partial charge in [-0.2, -0.15) is 0 Å². The Labute approximate surface area is 202 Å². The van der Waals surface area contributed by atoms with Gasteiger partial charge in [-0.15, -0.1) is 0 Å². The summed E-state index contributed by atoms with van der Waals surface area (Å²) in [5.74, 6) is -2.51. The maximum atomic E-state index is 13.2. The second kappa shape index (κ2) is 11.2. The SMILES string of the molecule is CC(C)(NC(=O)[C@H](Cc1c[nH]c2ccccc12)NC(=O)OCc1ccccc1)C(=O)NCC(=O)O. The van der Waals surface area contributed by atoms with Crippen LogP contribution in [0.25, 0.3) is 10.9 Å². The van der Waals surface area contributed by atoms with E-state index in [2.05, 4.69) is 20.9 Å². The summed E-state index contributed by atoms with van der Waals surface area (Å²) < 4.78 is 5.28. The number of carbonyl (C=O) groups is 4. The molecule has 0 aliphatic heterocycles. The number of amides is 3. The monoisotopic (exact) mass is 480 g/mol. The van der Waals surface area contributed by atoms with Crippen molar-refractivity contribution >= 4 is 34.8 Å². The molecule has 0 aliphatic rings. The zero-order valence-electron chi connectivity index (χ0n) is 19.5. The van der Waals surface area contributed by atoms with Gasteiger partial charge in [0, 0.05) is 23.5 Å². The summed E-state index contributed by atoms with van der Waals surface area (Å²) in [5.41, 5.74) is 1.02. The summed E-state index contributed by atoms with van der Waals surface area (Å²) in [5, 5.41) is 17.1. The number of benzene rings is 2. The Kier molecular flexibility index (Phi) is 8.08. The molecule has 3 aromatic rings. The molecule has 0 bridgehead atoms. The number of carboxylic acid groups (broad SMARTS) is 1. The predicted molar refractivity (Wildman–Crippen MR) is 128 cm³/mol. The molecule has 1 aromatic heterocycles. The molecule has 0 unspecified atom stereocenters. The average Bonchev–Trinajstić information content (AvgIpc) is 3.24. The van der Waals surface area contributed by atoms with Crippen LogP contribution in [-0.2, 0) is 32.1 Å². The van der Waals surface area contributed by atoms with Crippen LogP contribution in [0.1, 0.15) is 25.0 Å². The Balaban J connectivity index is 1.74. The highest BCUT2D eigenvalue weighted by Crippen LogP contribution is 2.19. The molecule has 0 saturated heterocycles. The first-order valence-corrected chi connectivity index (χ1v) is 11.0. The van der Waals surface area contributed by atoms with Crippen molar-refractivity contribution in [3.63, 3.8) is 0 Å². The molecule has 0 fully saturated rings. The summed E-state index contributed by atoms with van der Waals surface area (Å²) >= 11 is 0. The zero-order chi connectivity index (χ0) is 25.4. The number of ether oxygens (including phenoxy) is 1. The van der Waals surface area contributed by atoms with Gasteiger partial charge in [0.05, 0.1) is 0 Å². The fraction of sp³-hybridized carbons (Fsp3) is 0.280. The molecule has 0 spiro atoms. The number of H-pyrrole nitrogens is 1. The van der Waals surface area contributed by atoms with E-state index in [0.29, 0.717) is 0 Å². The van der Waals surface area contributed by atoms with Crippen LogP contribution >= 0.6 is 0 Å². The molecule has 3 amide bonds. The topological polar surface area (TPSA) is 150 Å². The first-order chi connectivity index (χ1) is 16.7. The fourth-order valence-corrected chi connectivity index (χ4v) is 3.47. The molecule has 0 saturated carbocycles. The molecule has 35 heavy (non-hydrogen) atoms. The van der Waals surface area contributed by atoms with Gasteiger partial charge in [-0.3, -0.25) is 14.4 Å². The van der Waals surface area contributed by atoms with Gasteiger partial charge >= 0.3 is 12.1 Å². The third-order valence-electron chi connectivity index (χ3n) is 5.32. The summed E-state index contributed by atoms with van der Waals surface area (Å²) in [6.45, 7) is 2.33. The normalized spacial score (nSPS) is 11.9. The predicted octanol–water partition coefficient (Wildman–Crippen LogP) is 2.10. The molecule has 2 aromatic carbocycles. The lowest BCUT2D eigenvalue weighted by molar-refractivity contribution is -0.139. The largest absolute Gasteiger partial charge is 0.480 e. The van der Waals surface area contributed by atoms with Crippen LogP contribution < -0.4 is 16.0 Å². The number of aromatic nitrogens is 1. The first kappa shape index (κ1) is 25.3. The number of carboxylic acids is 1. The van der Waals surface area contributed by atoms with E-state index >= 15 is 0 Å². The van der Waals surface area contributed by atoms with E-state index in [-0.39, 0.29) is 13.0 Å². The number of carbonyl (C=O) groups excluding carboxylic acids is 3. The van der Waals surface area contributed by atoms with Gasteiger partial charge < -0.3 is 30.8 Å². The quantitative estimate of drug-likeness (QED) is 0.300. The Morgan fingerprint density at radius 1 is 1.03 bits per heavy atom. The lowest BCUT2D eigenvalue weighted by atomic mass is 10.0. The first-order valence-electron chi connectivity index (χ1n) is 11.0. The number of nitrogens with one attached hydrogen (secondary N) is 4. The van der Waals surface area contributed by atoms with Crippen LogP contribution in [0.4, 0.5) is 4.79 Å². The number of aromatic amines is 1. The van der Waals surface area contributed by atoms with Gasteiger partial charge in [0.15, 0.2) is 0 Å². The van der Waals surface area contributed by atoms with E-state index in [1.54, 1.807) is 6.20 Å². The van der Waals surface area contributed by atoms with Gasteiger partial charge in [0.2, 0.25) is 11.8 Å². The van der Waals surface area contributed by atoms with Crippen LogP contribution in [0.5, 0.6) is 0 Å². The Bertz CT molecular complexity index is 1200. The highest BCUT2D eigenvalue weighted by atomic mass is 16.5. The van der Waals surface area contributed by atoms with Gasteiger partial charge in [-0.05, 0) is 31.0 Å². The average molecular weight is 481 g/mol. The highest BCUT2D eigenvalue weighted by Gasteiger charge is 2.33. The van der Waals surface area contributed by atoms with E-state index in [9.17, 15) is 19.2 Å². The third-order valence-corrected chi connectivity index (χ3v) is 5.32. The van der Waals surface area contributed by atoms with E-state index in [1.807, 2.05) is 54.6 Å². The number of rotatable bonds is 10. The molecular weight excluding hydrogens is 452 g/mol. The minimum absolute atomic E-state index is 0.0250. The van der Waals surface area contributed by atoms with Crippen molar-refractivity contribution < 1.29 is 29.0 Å². The summed E-state index contributed by atoms with van der Waals surface area (Å²) in [6, 6.07) is 15.6. The molecule has 0 radical (unpaired) electrons. The molecule has 184 valence electrons. The third kappa shape index (κ3) is 7.07. The smallest absolute Gasteiger partial charge is 0.408 e. The van der Waals surface area contributed by atoms with Crippen LogP contribution in [0, 0.1) is 0 Å². The van der Waals surface area contributed by atoms with Gasteiger partial charge in [0.25, 0.3) is 0 Å². The Morgan fingerprint density at radius 3 is 2.43 bits per heavy atom. The number of aliphatic carboxylic acids is 1. The van der Waals surface area contributed by atoms with Crippen LogP contribution in [0.2, 0.25) is 0 Å². The number of fused-ring (bicyclic) bond motifs is 1. The molecule has 5 N–H and O–H groups in total. The maximum Gasteiger partial charge on any atom is 0.408 e. The molecule has 10 heteroatoms. The van der Waals surface area contributed by atoms with Crippen molar-refractivity contribution in [1.29, 1.82) is 0 Å². The molecule has 1 atom stereocenters. The standard InChI is InChI=1S/C25H28N4O6/c1-25(2,23(33)27-14-21(30)31)29-22(32)20(12-17-13-26-19-11-7-6-10-18(17)19)28-24(34)35-15-16-8-4-3-5-9-16/h3-11,13,20,26H,12,14-15H2,1-2H3,(H,27,33)(H,28,34)(H,29,32)(H,30,31)/t20-/m0/s1. The van der Waals surface area contributed by atoms with Crippen LogP contribution in [0.3, 0.4) is 0 Å². The molecule has 10 nitrogen and oxygen atoms in total. The van der Waals surface area contributed by atoms with E-state index in [0.717, 1.165) is 22.0 Å². The molecule has 3 rings (SSSR count). The van der Waals surface area contributed by atoms with E-state index in [4.69, 9.17) is 9.84 Å². The zero-order valence-corrected chi connectivity index (χ0v) is 19.5. The lowest BCUT2D eigenvalue weighted by Crippen LogP contribution is -2.60. The lowest BCUT2D eigenvalue weighted by Gasteiger charge is -2.27. The Hall–Kier alpha value is -4.34. The van der Waals surface area contributed by atoms with Crippen molar-refractivity contribution in [3.05, 3.63) is 71.9 Å². The second-order valence-corrected chi connectivity index (χ2v) is 8.51. The summed E-state index contributed by atoms with van der Waals surface area (Å²) in [6.07, 6.45) is 1.09. The highest BCUT2D eigenvalue weighted by molar-refractivity contribution is 5.95. The van der Waals surface area contributed by atoms with Crippen molar-refractivity contribution in [2.75, 3.05) is 6.54 Å². The Morgan fingerprint density at radius 2 is 1.71 bits per heavy atom. The fourth-order valence-electron chi connectivity index (χ4n) is 3.47. The van der Waals surface area contributed by atoms with Gasteiger partial charge in [0.1, 0.15) is 24.7 Å².